The molecule has 5 rings (SSSR count). The van der Waals surface area contributed by atoms with E-state index in [1.165, 1.54) is 0 Å². The average Bonchev–Trinajstić information content (AvgIpc) is 3.28. The fraction of sp³-hybridized carbons (Fsp3) is 0.267. The SMILES string of the molecule is CCOC(=O)C1(C(=O)OCC)NC2c3ccccc3OC(=O)[C@]2(NC(=O)c2ccccc2)[C@@H]1c1ccc(Cl)cc1. The van der Waals surface area contributed by atoms with E-state index >= 15 is 0 Å². The molecule has 1 saturated heterocycles. The zero-order valence-corrected chi connectivity index (χ0v) is 22.6. The van der Waals surface area contributed by atoms with Crippen molar-refractivity contribution in [1.29, 1.82) is 0 Å². The van der Waals surface area contributed by atoms with Gasteiger partial charge in [0, 0.05) is 16.1 Å². The summed E-state index contributed by atoms with van der Waals surface area (Å²) in [6, 6.07) is 20.3. The third-order valence-electron chi connectivity index (χ3n) is 7.24. The van der Waals surface area contributed by atoms with Crippen molar-refractivity contribution >= 4 is 35.4 Å². The van der Waals surface area contributed by atoms with Gasteiger partial charge < -0.3 is 19.5 Å². The Balaban J connectivity index is 1.83. The van der Waals surface area contributed by atoms with E-state index in [4.69, 9.17) is 25.8 Å². The topological polar surface area (TPSA) is 120 Å². The predicted molar refractivity (Wildman–Crippen MR) is 145 cm³/mol. The number of hydrogen-bond acceptors (Lipinski definition) is 8. The molecule has 2 N–H and O–H groups in total. The maximum atomic E-state index is 14.2. The summed E-state index contributed by atoms with van der Waals surface area (Å²) >= 11 is 6.19. The lowest BCUT2D eigenvalue weighted by Crippen LogP contribution is -2.66. The molecular weight excluding hydrogens is 536 g/mol. The summed E-state index contributed by atoms with van der Waals surface area (Å²) < 4.78 is 16.7. The fourth-order valence-electron chi connectivity index (χ4n) is 5.63. The van der Waals surface area contributed by atoms with E-state index in [-0.39, 0.29) is 24.5 Å². The summed E-state index contributed by atoms with van der Waals surface area (Å²) in [5.74, 6) is -4.51. The van der Waals surface area contributed by atoms with Gasteiger partial charge in [0.2, 0.25) is 5.54 Å². The quantitative estimate of drug-likeness (QED) is 0.254. The molecule has 0 spiro atoms. The molecule has 10 heteroatoms. The minimum Gasteiger partial charge on any atom is -0.464 e. The van der Waals surface area contributed by atoms with Crippen LogP contribution in [-0.2, 0) is 23.9 Å². The van der Waals surface area contributed by atoms with Crippen molar-refractivity contribution in [2.24, 2.45) is 0 Å². The number of ether oxygens (including phenoxy) is 3. The number of amides is 1. The molecule has 1 amide bonds. The van der Waals surface area contributed by atoms with Crippen molar-refractivity contribution < 1.29 is 33.4 Å². The molecule has 0 aromatic heterocycles. The van der Waals surface area contributed by atoms with Crippen molar-refractivity contribution in [3.05, 3.63) is 101 Å². The number of nitrogens with one attached hydrogen (secondary N) is 2. The van der Waals surface area contributed by atoms with E-state index in [2.05, 4.69) is 10.6 Å². The second-order valence-electron chi connectivity index (χ2n) is 9.43. The first-order chi connectivity index (χ1) is 19.3. The van der Waals surface area contributed by atoms with Crippen LogP contribution < -0.4 is 15.4 Å². The van der Waals surface area contributed by atoms with Gasteiger partial charge in [0.1, 0.15) is 5.75 Å². The summed E-state index contributed by atoms with van der Waals surface area (Å²) in [5.41, 5.74) is -3.16. The number of carbonyl (C=O) groups excluding carboxylic acids is 4. The molecule has 3 aromatic rings. The van der Waals surface area contributed by atoms with E-state index in [0.29, 0.717) is 16.1 Å². The smallest absolute Gasteiger partial charge is 0.340 e. The number of carbonyl (C=O) groups is 4. The van der Waals surface area contributed by atoms with Gasteiger partial charge in [-0.15, -0.1) is 0 Å². The Bertz CT molecular complexity index is 1440. The third-order valence-corrected chi connectivity index (χ3v) is 7.49. The van der Waals surface area contributed by atoms with Crippen molar-refractivity contribution in [2.75, 3.05) is 13.2 Å². The van der Waals surface area contributed by atoms with Gasteiger partial charge in [-0.25, -0.2) is 14.4 Å². The monoisotopic (exact) mass is 562 g/mol. The molecular formula is C30H27ClN2O7. The van der Waals surface area contributed by atoms with Crippen molar-refractivity contribution in [3.8, 4) is 5.75 Å². The first kappa shape index (κ1) is 27.4. The second kappa shape index (κ2) is 10.7. The highest BCUT2D eigenvalue weighted by atomic mass is 35.5. The van der Waals surface area contributed by atoms with Crippen molar-refractivity contribution in [3.63, 3.8) is 0 Å². The molecule has 206 valence electrons. The Hall–Kier alpha value is -4.21. The maximum absolute atomic E-state index is 14.2. The number of esters is 3. The largest absolute Gasteiger partial charge is 0.464 e. The summed E-state index contributed by atoms with van der Waals surface area (Å²) in [7, 11) is 0. The van der Waals surface area contributed by atoms with Crippen molar-refractivity contribution in [1.82, 2.24) is 10.6 Å². The highest BCUT2D eigenvalue weighted by Crippen LogP contribution is 2.56. The Kier molecular flexibility index (Phi) is 7.35. The van der Waals surface area contributed by atoms with Gasteiger partial charge in [-0.1, -0.05) is 60.1 Å². The van der Waals surface area contributed by atoms with E-state index in [1.54, 1.807) is 92.7 Å². The molecule has 9 nitrogen and oxygen atoms in total. The zero-order chi connectivity index (χ0) is 28.5. The molecule has 0 radical (unpaired) electrons. The second-order valence-corrected chi connectivity index (χ2v) is 9.86. The molecule has 0 saturated carbocycles. The Morgan fingerprint density at radius 2 is 1.50 bits per heavy atom. The summed E-state index contributed by atoms with van der Waals surface area (Å²) in [4.78, 5) is 55.8. The standard InChI is InChI=1S/C30H27ClN2O7/c1-3-38-26(35)30(27(36)39-4-2)23(18-14-16-20(31)17-15-18)29(33-25(34)19-10-6-5-7-11-19)24(32-30)21-12-8-9-13-22(21)40-28(29)37/h5-17,23-24,32H,3-4H2,1-2H3,(H,33,34)/t23-,24?,29-/m0/s1. The van der Waals surface area contributed by atoms with Crippen LogP contribution in [0.3, 0.4) is 0 Å². The number of hydrogen-bond donors (Lipinski definition) is 2. The van der Waals surface area contributed by atoms with E-state index in [9.17, 15) is 19.2 Å². The van der Waals surface area contributed by atoms with Crippen LogP contribution >= 0.6 is 11.6 Å². The van der Waals surface area contributed by atoms with Crippen LogP contribution in [0, 0.1) is 0 Å². The molecule has 2 aliphatic rings. The highest BCUT2D eigenvalue weighted by molar-refractivity contribution is 6.30. The minimum absolute atomic E-state index is 0.0515. The van der Waals surface area contributed by atoms with Crippen LogP contribution in [-0.4, -0.2) is 48.1 Å². The minimum atomic E-state index is -2.25. The summed E-state index contributed by atoms with van der Waals surface area (Å²) in [5, 5.41) is 6.41. The van der Waals surface area contributed by atoms with Crippen molar-refractivity contribution in [2.45, 2.75) is 36.9 Å². The van der Waals surface area contributed by atoms with Crippen LogP contribution in [0.5, 0.6) is 5.75 Å². The van der Waals surface area contributed by atoms with Crippen LogP contribution in [0.4, 0.5) is 0 Å². The number of para-hydroxylation sites is 1. The number of benzene rings is 3. The van der Waals surface area contributed by atoms with Gasteiger partial charge in [0.15, 0.2) is 5.54 Å². The number of fused-ring (bicyclic) bond motifs is 3. The van der Waals surface area contributed by atoms with Gasteiger partial charge in [0.25, 0.3) is 5.91 Å². The molecule has 3 aromatic carbocycles. The Labute approximate surface area is 235 Å². The molecule has 2 aliphatic heterocycles. The normalized spacial score (nSPS) is 22.3. The Morgan fingerprint density at radius 1 is 0.900 bits per heavy atom. The van der Waals surface area contributed by atoms with Crippen LogP contribution in [0.25, 0.3) is 0 Å². The van der Waals surface area contributed by atoms with Crippen LogP contribution in [0.2, 0.25) is 5.02 Å². The summed E-state index contributed by atoms with van der Waals surface area (Å²) in [6.07, 6.45) is 0. The molecule has 1 fully saturated rings. The molecule has 1 unspecified atom stereocenters. The summed E-state index contributed by atoms with van der Waals surface area (Å²) in [6.45, 7) is 3.10. The van der Waals surface area contributed by atoms with Gasteiger partial charge >= 0.3 is 17.9 Å². The molecule has 3 atom stereocenters. The van der Waals surface area contributed by atoms with E-state index in [1.807, 2.05) is 0 Å². The maximum Gasteiger partial charge on any atom is 0.340 e. The first-order valence-corrected chi connectivity index (χ1v) is 13.2. The number of rotatable bonds is 7. The molecule has 40 heavy (non-hydrogen) atoms. The Morgan fingerprint density at radius 3 is 2.12 bits per heavy atom. The molecule has 2 heterocycles. The first-order valence-electron chi connectivity index (χ1n) is 12.9. The fourth-order valence-corrected chi connectivity index (χ4v) is 5.75. The van der Waals surface area contributed by atoms with E-state index in [0.717, 1.165) is 0 Å². The van der Waals surface area contributed by atoms with Gasteiger partial charge in [-0.3, -0.25) is 10.1 Å². The molecule has 0 aliphatic carbocycles. The molecule has 0 bridgehead atoms. The van der Waals surface area contributed by atoms with Crippen LogP contribution in [0.1, 0.15) is 47.3 Å². The van der Waals surface area contributed by atoms with Gasteiger partial charge in [-0.2, -0.15) is 0 Å². The predicted octanol–water partition coefficient (Wildman–Crippen LogP) is 3.72. The van der Waals surface area contributed by atoms with Gasteiger partial charge in [-0.05, 0) is 49.7 Å². The lowest BCUT2D eigenvalue weighted by Gasteiger charge is -2.42. The lowest BCUT2D eigenvalue weighted by atomic mass is 9.67. The zero-order valence-electron chi connectivity index (χ0n) is 21.8. The van der Waals surface area contributed by atoms with Crippen LogP contribution in [0.15, 0.2) is 78.9 Å². The van der Waals surface area contributed by atoms with E-state index < -0.39 is 46.9 Å². The number of halogens is 1. The van der Waals surface area contributed by atoms with Gasteiger partial charge in [0.05, 0.1) is 25.2 Å². The third kappa shape index (κ3) is 4.22. The highest BCUT2D eigenvalue weighted by Gasteiger charge is 2.76. The lowest BCUT2D eigenvalue weighted by molar-refractivity contribution is -0.167. The average molecular weight is 563 g/mol.